The smallest absolute Gasteiger partial charge is 0.109 e. The standard InChI is InChI=1S/C12H22N4S/c1-16-5-4-14-12(16)9-11(15-13)8-10-2-6-17-7-3-10/h4-5,10-11,15H,2-3,6-9,13H2,1H3. The number of aromatic nitrogens is 2. The highest BCUT2D eigenvalue weighted by atomic mass is 32.2. The molecule has 1 aromatic rings. The number of nitrogens with zero attached hydrogens (tertiary/aromatic N) is 2. The van der Waals surface area contributed by atoms with Crippen molar-refractivity contribution in [2.75, 3.05) is 11.5 Å². The van der Waals surface area contributed by atoms with Crippen LogP contribution in [-0.2, 0) is 13.5 Å². The van der Waals surface area contributed by atoms with Crippen LogP contribution in [0, 0.1) is 5.92 Å². The fourth-order valence-corrected chi connectivity index (χ4v) is 3.61. The first kappa shape index (κ1) is 12.9. The Balaban J connectivity index is 1.85. The van der Waals surface area contributed by atoms with Crippen LogP contribution in [0.2, 0.25) is 0 Å². The van der Waals surface area contributed by atoms with Crippen LogP contribution < -0.4 is 11.3 Å². The SMILES string of the molecule is Cn1ccnc1CC(CC1CCSCC1)NN. The Morgan fingerprint density at radius 1 is 1.59 bits per heavy atom. The topological polar surface area (TPSA) is 55.9 Å². The van der Waals surface area contributed by atoms with Crippen molar-refractivity contribution >= 4 is 11.8 Å². The van der Waals surface area contributed by atoms with Crippen LogP contribution >= 0.6 is 11.8 Å². The second-order valence-corrected chi connectivity index (χ2v) is 6.04. The summed E-state index contributed by atoms with van der Waals surface area (Å²) in [7, 11) is 2.03. The quantitative estimate of drug-likeness (QED) is 0.615. The largest absolute Gasteiger partial charge is 0.338 e. The lowest BCUT2D eigenvalue weighted by molar-refractivity contribution is 0.361. The van der Waals surface area contributed by atoms with Gasteiger partial charge in [0.1, 0.15) is 5.82 Å². The molecule has 1 aliphatic rings. The summed E-state index contributed by atoms with van der Waals surface area (Å²) in [5.74, 6) is 10.2. The van der Waals surface area contributed by atoms with E-state index in [-0.39, 0.29) is 0 Å². The molecule has 0 aromatic carbocycles. The van der Waals surface area contributed by atoms with Crippen molar-refractivity contribution in [2.45, 2.75) is 31.7 Å². The molecule has 5 heteroatoms. The number of thioether (sulfide) groups is 1. The van der Waals surface area contributed by atoms with E-state index in [0.717, 1.165) is 18.2 Å². The van der Waals surface area contributed by atoms with Crippen molar-refractivity contribution in [3.8, 4) is 0 Å². The molecule has 1 fully saturated rings. The van der Waals surface area contributed by atoms with Gasteiger partial charge in [0.2, 0.25) is 0 Å². The van der Waals surface area contributed by atoms with Gasteiger partial charge in [0, 0.05) is 31.9 Å². The maximum atomic E-state index is 5.66. The molecule has 2 rings (SSSR count). The molecule has 0 aliphatic carbocycles. The average molecular weight is 254 g/mol. The fourth-order valence-electron chi connectivity index (χ4n) is 2.41. The van der Waals surface area contributed by atoms with Crippen molar-refractivity contribution in [3.05, 3.63) is 18.2 Å². The summed E-state index contributed by atoms with van der Waals surface area (Å²) < 4.78 is 2.07. The number of imidazole rings is 1. The van der Waals surface area contributed by atoms with Gasteiger partial charge in [0.15, 0.2) is 0 Å². The van der Waals surface area contributed by atoms with Gasteiger partial charge in [-0.15, -0.1) is 0 Å². The van der Waals surface area contributed by atoms with Crippen LogP contribution in [0.1, 0.15) is 25.1 Å². The van der Waals surface area contributed by atoms with Crippen LogP contribution in [0.15, 0.2) is 12.4 Å². The molecular formula is C12H22N4S. The van der Waals surface area contributed by atoms with Gasteiger partial charge >= 0.3 is 0 Å². The molecule has 3 N–H and O–H groups in total. The third-order valence-corrected chi connectivity index (χ3v) is 4.59. The van der Waals surface area contributed by atoms with Gasteiger partial charge in [0.05, 0.1) is 0 Å². The Bertz CT molecular complexity index is 333. The third kappa shape index (κ3) is 3.72. The molecule has 1 aromatic heterocycles. The van der Waals surface area contributed by atoms with E-state index < -0.39 is 0 Å². The number of hydrazine groups is 1. The van der Waals surface area contributed by atoms with E-state index in [1.807, 2.05) is 19.4 Å². The van der Waals surface area contributed by atoms with Gasteiger partial charge in [-0.2, -0.15) is 11.8 Å². The molecule has 0 amide bonds. The number of nitrogens with two attached hydrogens (primary N) is 1. The van der Waals surface area contributed by atoms with Crippen LogP contribution in [0.25, 0.3) is 0 Å². The average Bonchev–Trinajstić information content (AvgIpc) is 2.75. The molecular weight excluding hydrogens is 232 g/mol. The number of rotatable bonds is 5. The van der Waals surface area contributed by atoms with Crippen LogP contribution in [0.5, 0.6) is 0 Å². The van der Waals surface area contributed by atoms with E-state index in [1.165, 1.54) is 30.8 Å². The Hall–Kier alpha value is -0.520. The summed E-state index contributed by atoms with van der Waals surface area (Å²) in [6.45, 7) is 0. The maximum Gasteiger partial charge on any atom is 0.109 e. The van der Waals surface area contributed by atoms with Gasteiger partial charge in [-0.3, -0.25) is 11.3 Å². The third-order valence-electron chi connectivity index (χ3n) is 3.54. The number of hydrogen-bond donors (Lipinski definition) is 2. The first-order chi connectivity index (χ1) is 8.29. The maximum absolute atomic E-state index is 5.66. The van der Waals surface area contributed by atoms with E-state index in [2.05, 4.69) is 26.7 Å². The molecule has 0 bridgehead atoms. The first-order valence-electron chi connectivity index (χ1n) is 6.29. The molecule has 96 valence electrons. The van der Waals surface area contributed by atoms with Gasteiger partial charge < -0.3 is 4.57 Å². The van der Waals surface area contributed by atoms with E-state index in [0.29, 0.717) is 6.04 Å². The van der Waals surface area contributed by atoms with Crippen molar-refractivity contribution in [1.29, 1.82) is 0 Å². The highest BCUT2D eigenvalue weighted by Gasteiger charge is 2.19. The highest BCUT2D eigenvalue weighted by molar-refractivity contribution is 7.99. The molecule has 2 heterocycles. The second kappa shape index (κ2) is 6.42. The lowest BCUT2D eigenvalue weighted by Crippen LogP contribution is -2.39. The predicted octanol–water partition coefficient (Wildman–Crippen LogP) is 1.33. The Morgan fingerprint density at radius 2 is 2.35 bits per heavy atom. The fraction of sp³-hybridized carbons (Fsp3) is 0.750. The lowest BCUT2D eigenvalue weighted by atomic mass is 9.93. The first-order valence-corrected chi connectivity index (χ1v) is 7.45. The minimum absolute atomic E-state index is 0.351. The van der Waals surface area contributed by atoms with Crippen LogP contribution in [0.4, 0.5) is 0 Å². The van der Waals surface area contributed by atoms with Gasteiger partial charge in [-0.25, -0.2) is 4.98 Å². The Kier molecular flexibility index (Phi) is 4.88. The lowest BCUT2D eigenvalue weighted by Gasteiger charge is -2.25. The summed E-state index contributed by atoms with van der Waals surface area (Å²) in [5.41, 5.74) is 2.95. The molecule has 1 atom stereocenters. The monoisotopic (exact) mass is 254 g/mol. The number of hydrogen-bond acceptors (Lipinski definition) is 4. The zero-order valence-corrected chi connectivity index (χ0v) is 11.2. The van der Waals surface area contributed by atoms with Gasteiger partial charge in [-0.1, -0.05) is 0 Å². The molecule has 0 saturated carbocycles. The Morgan fingerprint density at radius 3 is 2.94 bits per heavy atom. The van der Waals surface area contributed by atoms with Crippen molar-refractivity contribution in [1.82, 2.24) is 15.0 Å². The molecule has 0 radical (unpaired) electrons. The molecule has 4 nitrogen and oxygen atoms in total. The normalized spacial score (nSPS) is 19.4. The van der Waals surface area contributed by atoms with Gasteiger partial charge in [0.25, 0.3) is 0 Å². The molecule has 0 spiro atoms. The van der Waals surface area contributed by atoms with Crippen molar-refractivity contribution in [2.24, 2.45) is 18.8 Å². The zero-order valence-electron chi connectivity index (χ0n) is 10.4. The van der Waals surface area contributed by atoms with Crippen LogP contribution in [-0.4, -0.2) is 27.1 Å². The summed E-state index contributed by atoms with van der Waals surface area (Å²) >= 11 is 2.07. The molecule has 1 aliphatic heterocycles. The van der Waals surface area contributed by atoms with E-state index in [9.17, 15) is 0 Å². The summed E-state index contributed by atoms with van der Waals surface area (Å²) in [4.78, 5) is 4.36. The van der Waals surface area contributed by atoms with E-state index in [4.69, 9.17) is 5.84 Å². The minimum Gasteiger partial charge on any atom is -0.338 e. The van der Waals surface area contributed by atoms with Crippen molar-refractivity contribution in [3.63, 3.8) is 0 Å². The summed E-state index contributed by atoms with van der Waals surface area (Å²) in [5, 5.41) is 0. The predicted molar refractivity (Wildman–Crippen MR) is 72.7 cm³/mol. The Labute approximate surface area is 107 Å². The summed E-state index contributed by atoms with van der Waals surface area (Å²) in [6, 6.07) is 0.351. The zero-order chi connectivity index (χ0) is 12.1. The van der Waals surface area contributed by atoms with Crippen LogP contribution in [0.3, 0.4) is 0 Å². The van der Waals surface area contributed by atoms with Crippen molar-refractivity contribution < 1.29 is 0 Å². The van der Waals surface area contributed by atoms with E-state index >= 15 is 0 Å². The number of aryl methyl sites for hydroxylation is 1. The van der Waals surface area contributed by atoms with E-state index in [1.54, 1.807) is 0 Å². The molecule has 17 heavy (non-hydrogen) atoms. The highest BCUT2D eigenvalue weighted by Crippen LogP contribution is 2.26. The number of nitrogens with one attached hydrogen (secondary N) is 1. The van der Waals surface area contributed by atoms with Gasteiger partial charge in [-0.05, 0) is 36.7 Å². The second-order valence-electron chi connectivity index (χ2n) is 4.81. The summed E-state index contributed by atoms with van der Waals surface area (Å²) in [6.07, 6.45) is 8.60. The molecule has 1 saturated heterocycles. The minimum atomic E-state index is 0.351. The molecule has 1 unspecified atom stereocenters.